The van der Waals surface area contributed by atoms with Gasteiger partial charge in [-0.15, -0.1) is 11.3 Å². The molecule has 1 aliphatic rings. The molecule has 0 aromatic carbocycles. The van der Waals surface area contributed by atoms with Gasteiger partial charge in [-0.1, -0.05) is 6.07 Å². The van der Waals surface area contributed by atoms with Crippen molar-refractivity contribution in [3.63, 3.8) is 0 Å². The second-order valence-electron chi connectivity index (χ2n) is 6.06. The van der Waals surface area contributed by atoms with Crippen molar-refractivity contribution in [3.05, 3.63) is 29.3 Å². The minimum atomic E-state index is 0.00425. The molecular formula is C16H23N5OS. The minimum Gasteiger partial charge on any atom is -0.359 e. The molecule has 3 rings (SSSR count). The van der Waals surface area contributed by atoms with E-state index >= 15 is 0 Å². The van der Waals surface area contributed by atoms with Crippen LogP contribution in [0.2, 0.25) is 0 Å². The van der Waals surface area contributed by atoms with Crippen molar-refractivity contribution in [1.29, 1.82) is 0 Å². The molecule has 0 spiro atoms. The lowest BCUT2D eigenvalue weighted by Gasteiger charge is -2.22. The van der Waals surface area contributed by atoms with Crippen LogP contribution in [-0.4, -0.2) is 66.2 Å². The summed E-state index contributed by atoms with van der Waals surface area (Å²) in [6.07, 6.45) is 1.90. The Morgan fingerprint density at radius 1 is 1.48 bits per heavy atom. The average molecular weight is 333 g/mol. The molecule has 124 valence electrons. The van der Waals surface area contributed by atoms with Crippen LogP contribution in [0, 0.1) is 5.92 Å². The molecular weight excluding hydrogens is 310 g/mol. The van der Waals surface area contributed by atoms with Gasteiger partial charge in [-0.2, -0.15) is 5.10 Å². The van der Waals surface area contributed by atoms with Crippen LogP contribution in [0.1, 0.15) is 5.56 Å². The van der Waals surface area contributed by atoms with E-state index in [0.717, 1.165) is 38.4 Å². The molecule has 1 atom stereocenters. The molecule has 1 fully saturated rings. The van der Waals surface area contributed by atoms with Crippen LogP contribution in [0.4, 0.5) is 0 Å². The van der Waals surface area contributed by atoms with Crippen LogP contribution in [0.3, 0.4) is 0 Å². The second kappa shape index (κ2) is 7.25. The molecule has 0 saturated carbocycles. The summed E-state index contributed by atoms with van der Waals surface area (Å²) in [5.74, 6) is 0.124. The van der Waals surface area contributed by atoms with Gasteiger partial charge in [0.2, 0.25) is 5.91 Å². The van der Waals surface area contributed by atoms with E-state index in [-0.39, 0.29) is 11.8 Å². The van der Waals surface area contributed by atoms with E-state index in [4.69, 9.17) is 0 Å². The van der Waals surface area contributed by atoms with Crippen LogP contribution in [0.5, 0.6) is 0 Å². The molecule has 1 aliphatic heterocycles. The number of carbonyl (C=O) groups is 1. The summed E-state index contributed by atoms with van der Waals surface area (Å²) in [6.45, 7) is 4.32. The van der Waals surface area contributed by atoms with E-state index in [0.29, 0.717) is 0 Å². The first-order chi connectivity index (χ1) is 11.2. The van der Waals surface area contributed by atoms with E-state index in [2.05, 4.69) is 43.8 Å². The monoisotopic (exact) mass is 333 g/mol. The van der Waals surface area contributed by atoms with Crippen LogP contribution in [-0.2, 0) is 11.3 Å². The fourth-order valence-corrected chi connectivity index (χ4v) is 3.82. The Bertz CT molecular complexity index is 639. The molecule has 1 amide bonds. The SMILES string of the molecule is CNC(=O)[C@@H]1CN(C)CCN(Cc2cn[nH]c2-c2cccs2)C1. The molecule has 3 heterocycles. The van der Waals surface area contributed by atoms with Gasteiger partial charge in [0.05, 0.1) is 22.7 Å². The Labute approximate surface area is 140 Å². The first-order valence-corrected chi connectivity index (χ1v) is 8.74. The summed E-state index contributed by atoms with van der Waals surface area (Å²) in [5.41, 5.74) is 2.28. The zero-order valence-electron chi connectivity index (χ0n) is 13.6. The van der Waals surface area contributed by atoms with Gasteiger partial charge in [0, 0.05) is 45.3 Å². The van der Waals surface area contributed by atoms with Gasteiger partial charge in [0.25, 0.3) is 0 Å². The van der Waals surface area contributed by atoms with Crippen LogP contribution < -0.4 is 5.32 Å². The Balaban J connectivity index is 1.74. The highest BCUT2D eigenvalue weighted by Gasteiger charge is 2.26. The number of nitrogens with one attached hydrogen (secondary N) is 2. The Kier molecular flexibility index (Phi) is 5.09. The Hall–Kier alpha value is -1.70. The molecule has 2 aromatic rings. The molecule has 6 nitrogen and oxygen atoms in total. The lowest BCUT2D eigenvalue weighted by Crippen LogP contribution is -2.39. The normalized spacial score (nSPS) is 20.3. The smallest absolute Gasteiger partial charge is 0.225 e. The number of aromatic amines is 1. The highest BCUT2D eigenvalue weighted by Crippen LogP contribution is 2.27. The topological polar surface area (TPSA) is 64.3 Å². The predicted molar refractivity (Wildman–Crippen MR) is 92.2 cm³/mol. The number of carbonyl (C=O) groups excluding carboxylic acids is 1. The third kappa shape index (κ3) is 3.80. The average Bonchev–Trinajstić information content (AvgIpc) is 3.18. The van der Waals surface area contributed by atoms with Crippen molar-refractivity contribution in [1.82, 2.24) is 25.3 Å². The number of thiophene rings is 1. The lowest BCUT2D eigenvalue weighted by atomic mass is 10.1. The molecule has 7 heteroatoms. The zero-order chi connectivity index (χ0) is 16.2. The van der Waals surface area contributed by atoms with Gasteiger partial charge < -0.3 is 10.2 Å². The first-order valence-electron chi connectivity index (χ1n) is 7.86. The van der Waals surface area contributed by atoms with E-state index < -0.39 is 0 Å². The third-order valence-corrected chi connectivity index (χ3v) is 5.19. The predicted octanol–water partition coefficient (Wildman–Crippen LogP) is 1.25. The second-order valence-corrected chi connectivity index (χ2v) is 7.00. The van der Waals surface area contributed by atoms with Crippen molar-refractivity contribution in [3.8, 4) is 10.6 Å². The largest absolute Gasteiger partial charge is 0.359 e. The highest BCUT2D eigenvalue weighted by molar-refractivity contribution is 7.13. The number of amides is 1. The van der Waals surface area contributed by atoms with Gasteiger partial charge in [-0.05, 0) is 18.5 Å². The quantitative estimate of drug-likeness (QED) is 0.884. The number of rotatable bonds is 4. The Morgan fingerprint density at radius 3 is 3.09 bits per heavy atom. The summed E-state index contributed by atoms with van der Waals surface area (Å²) < 4.78 is 0. The van der Waals surface area contributed by atoms with E-state index in [9.17, 15) is 4.79 Å². The van der Waals surface area contributed by atoms with Crippen LogP contribution >= 0.6 is 11.3 Å². The summed E-state index contributed by atoms with van der Waals surface area (Å²) in [6, 6.07) is 4.15. The molecule has 0 aliphatic carbocycles. The van der Waals surface area contributed by atoms with Gasteiger partial charge in [-0.25, -0.2) is 0 Å². The van der Waals surface area contributed by atoms with Crippen LogP contribution in [0.15, 0.2) is 23.7 Å². The maximum atomic E-state index is 12.1. The van der Waals surface area contributed by atoms with Gasteiger partial charge in [-0.3, -0.25) is 14.8 Å². The van der Waals surface area contributed by atoms with E-state index in [1.807, 2.05) is 12.3 Å². The molecule has 0 unspecified atom stereocenters. The molecule has 0 radical (unpaired) electrons. The van der Waals surface area contributed by atoms with Crippen molar-refractivity contribution in [2.24, 2.45) is 5.92 Å². The van der Waals surface area contributed by atoms with Gasteiger partial charge in [0.1, 0.15) is 0 Å². The van der Waals surface area contributed by atoms with Crippen molar-refractivity contribution in [2.75, 3.05) is 40.3 Å². The van der Waals surface area contributed by atoms with Gasteiger partial charge in [0.15, 0.2) is 0 Å². The molecule has 2 aromatic heterocycles. The minimum absolute atomic E-state index is 0.00425. The van der Waals surface area contributed by atoms with E-state index in [1.54, 1.807) is 18.4 Å². The number of hydrogen-bond donors (Lipinski definition) is 2. The molecule has 1 saturated heterocycles. The summed E-state index contributed by atoms with van der Waals surface area (Å²) in [7, 11) is 3.79. The van der Waals surface area contributed by atoms with Crippen molar-refractivity contribution >= 4 is 17.2 Å². The molecule has 2 N–H and O–H groups in total. The fourth-order valence-electron chi connectivity index (χ4n) is 3.06. The Morgan fingerprint density at radius 2 is 2.35 bits per heavy atom. The zero-order valence-corrected chi connectivity index (χ0v) is 14.4. The summed E-state index contributed by atoms with van der Waals surface area (Å²) in [4.78, 5) is 17.9. The molecule has 23 heavy (non-hydrogen) atoms. The third-order valence-electron chi connectivity index (χ3n) is 4.31. The first kappa shape index (κ1) is 16.2. The molecule has 0 bridgehead atoms. The van der Waals surface area contributed by atoms with Crippen molar-refractivity contribution in [2.45, 2.75) is 6.54 Å². The lowest BCUT2D eigenvalue weighted by molar-refractivity contribution is -0.125. The standard InChI is InChI=1S/C16H23N5OS/c1-17-16(22)13-9-20(2)5-6-21(11-13)10-12-8-18-19-15(12)14-4-3-7-23-14/h3-4,7-8,13H,5-6,9-11H2,1-2H3,(H,17,22)(H,18,19)/t13-/m1/s1. The maximum absolute atomic E-state index is 12.1. The van der Waals surface area contributed by atoms with E-state index in [1.165, 1.54) is 10.4 Å². The number of aromatic nitrogens is 2. The van der Waals surface area contributed by atoms with Crippen LogP contribution in [0.25, 0.3) is 10.6 Å². The fraction of sp³-hybridized carbons (Fsp3) is 0.500. The van der Waals surface area contributed by atoms with Crippen molar-refractivity contribution < 1.29 is 4.79 Å². The number of hydrogen-bond acceptors (Lipinski definition) is 5. The maximum Gasteiger partial charge on any atom is 0.225 e. The number of nitrogens with zero attached hydrogens (tertiary/aromatic N) is 3. The van der Waals surface area contributed by atoms with Gasteiger partial charge >= 0.3 is 0 Å². The summed E-state index contributed by atoms with van der Waals surface area (Å²) >= 11 is 1.71. The number of H-pyrrole nitrogens is 1. The highest BCUT2D eigenvalue weighted by atomic mass is 32.1. The summed E-state index contributed by atoms with van der Waals surface area (Å²) in [5, 5.41) is 12.2. The number of likely N-dealkylation sites (N-methyl/N-ethyl adjacent to an activating group) is 1.